The Kier molecular flexibility index (Phi) is 20.3. The van der Waals surface area contributed by atoms with Gasteiger partial charge in [-0.15, -0.1) is 18.3 Å². The van der Waals surface area contributed by atoms with E-state index in [-0.39, 0.29) is 56.8 Å². The molecule has 2 N–H and O–H groups in total. The number of aliphatic hydroxyl groups excluding tert-OH is 2. The molecule has 3 aromatic carbocycles. The van der Waals surface area contributed by atoms with Crippen molar-refractivity contribution in [1.29, 1.82) is 0 Å². The molecule has 12 nitrogen and oxygen atoms in total. The summed E-state index contributed by atoms with van der Waals surface area (Å²) in [7, 11) is 0. The summed E-state index contributed by atoms with van der Waals surface area (Å²) in [4.78, 5) is 25.0. The third-order valence-electron chi connectivity index (χ3n) is 15.3. The molecule has 2 fully saturated rings. The molecule has 392 valence electrons. The van der Waals surface area contributed by atoms with E-state index < -0.39 is 24.0 Å². The molecule has 8 rings (SSSR count). The van der Waals surface area contributed by atoms with Gasteiger partial charge in [-0.25, -0.2) is 0 Å². The average Bonchev–Trinajstić information content (AvgIpc) is 3.88. The lowest BCUT2D eigenvalue weighted by Crippen LogP contribution is -2.70. The van der Waals surface area contributed by atoms with Gasteiger partial charge in [-0.3, -0.25) is 4.79 Å². The Morgan fingerprint density at radius 2 is 1.60 bits per heavy atom. The van der Waals surface area contributed by atoms with Gasteiger partial charge in [-0.05, 0) is 129 Å². The van der Waals surface area contributed by atoms with Crippen LogP contribution in [0.3, 0.4) is 0 Å². The highest BCUT2D eigenvalue weighted by Crippen LogP contribution is 2.62. The maximum atomic E-state index is 15.4. The van der Waals surface area contributed by atoms with E-state index in [9.17, 15) is 10.2 Å². The molecule has 72 heavy (non-hydrogen) atoms. The van der Waals surface area contributed by atoms with Crippen LogP contribution in [0.5, 0.6) is 28.7 Å². The highest BCUT2D eigenvalue weighted by atomic mass is 32.2. The van der Waals surface area contributed by atoms with Gasteiger partial charge < -0.3 is 48.4 Å². The van der Waals surface area contributed by atoms with Crippen LogP contribution in [0.15, 0.2) is 95.0 Å². The summed E-state index contributed by atoms with van der Waals surface area (Å²) in [6, 6.07) is 19.5. The molecule has 2 aliphatic carbocycles. The van der Waals surface area contributed by atoms with E-state index >= 15 is 4.79 Å². The van der Waals surface area contributed by atoms with Crippen molar-refractivity contribution in [3.63, 3.8) is 0 Å². The van der Waals surface area contributed by atoms with Crippen LogP contribution in [0, 0.1) is 17.8 Å². The molecule has 0 spiro atoms. The highest BCUT2D eigenvalue weighted by Gasteiger charge is 2.65. The maximum absolute atomic E-state index is 15.4. The number of nitrogens with zero attached hydrogens (tertiary/aromatic N) is 2. The van der Waals surface area contributed by atoms with Gasteiger partial charge in [0, 0.05) is 55.4 Å². The molecule has 13 heteroatoms. The summed E-state index contributed by atoms with van der Waals surface area (Å²) in [6.45, 7) is 7.82. The van der Waals surface area contributed by atoms with E-state index in [1.165, 1.54) is 38.5 Å². The molecular weight excluding hydrogens is 929 g/mol. The molecule has 7 atom stereocenters. The topological polar surface area (TPSA) is 138 Å². The van der Waals surface area contributed by atoms with E-state index in [4.69, 9.17) is 38.4 Å². The largest absolute Gasteiger partial charge is 0.459 e. The van der Waals surface area contributed by atoms with Crippen LogP contribution < -0.4 is 18.9 Å². The van der Waals surface area contributed by atoms with Gasteiger partial charge in [0.25, 0.3) is 0 Å². The minimum atomic E-state index is -1.40. The normalized spacial score (nSPS) is 24.4. The van der Waals surface area contributed by atoms with Crippen molar-refractivity contribution in [3.05, 3.63) is 96.1 Å². The molecule has 3 aromatic rings. The predicted octanol–water partition coefficient (Wildman–Crippen LogP) is 13.0. The number of carbonyl (C=O) groups excluding carboxylic acids is 1. The van der Waals surface area contributed by atoms with Crippen LogP contribution in [0.1, 0.15) is 152 Å². The van der Waals surface area contributed by atoms with Crippen LogP contribution >= 0.6 is 11.8 Å². The molecule has 3 aliphatic heterocycles. The number of hydrogen-bond acceptors (Lipinski definition) is 12. The Hall–Kier alpha value is -4.53. The summed E-state index contributed by atoms with van der Waals surface area (Å²) >= 11 is 1.69. The smallest absolute Gasteiger partial charge is 0.239 e. The third kappa shape index (κ3) is 13.2. The maximum Gasteiger partial charge on any atom is 0.239 e. The summed E-state index contributed by atoms with van der Waals surface area (Å²) in [6.07, 6.45) is 24.1. The molecule has 1 saturated heterocycles. The first-order chi connectivity index (χ1) is 35.4. The standard InChI is InChI=1S/C59H80N2O10S/c1-4-6-7-8-9-10-11-12-13-22-55(64)61(40-42-24-30-52-53(36-42)67-41-66-52)54-39-50(60-71-56-23-16-19-35-65-56)48-37-43(20-14-17-32-62)47(21-15-18-33-63)57-49-38-45(69-44-25-28-46(72-3)29-26-44)27-31-51(49)70-59(54,58(48)57)68-34-5-2/h5,24-31,36-38,43,47,54,56-58,62-63H,2,4,6-23,32-35,39-41H2,1,3H3/t43-,47+,54-,56?,57+,58+,59+/m0/s1. The molecule has 0 radical (unpaired) electrons. The van der Waals surface area contributed by atoms with E-state index in [0.717, 1.165) is 97.3 Å². The average molecular weight is 1010 g/mol. The zero-order chi connectivity index (χ0) is 50.1. The van der Waals surface area contributed by atoms with E-state index in [0.29, 0.717) is 55.3 Å². The second-order valence-electron chi connectivity index (χ2n) is 20.2. The number of fused-ring (bicyclic) bond motifs is 3. The van der Waals surface area contributed by atoms with Crippen LogP contribution in [0.2, 0.25) is 0 Å². The highest BCUT2D eigenvalue weighted by molar-refractivity contribution is 7.98. The van der Waals surface area contributed by atoms with E-state index in [1.54, 1.807) is 17.8 Å². The fraction of sp³-hybridized carbons (Fsp3) is 0.593. The molecule has 5 aliphatic rings. The number of thioether (sulfide) groups is 1. The predicted molar refractivity (Wildman–Crippen MR) is 283 cm³/mol. The Bertz CT molecular complexity index is 2260. The lowest BCUT2D eigenvalue weighted by Gasteiger charge is -2.60. The zero-order valence-corrected chi connectivity index (χ0v) is 43.8. The molecule has 1 unspecified atom stereocenters. The fourth-order valence-corrected chi connectivity index (χ4v) is 12.2. The summed E-state index contributed by atoms with van der Waals surface area (Å²) in [5, 5.41) is 25.3. The SMILES string of the molecule is C=CCO[C@@]12Oc3ccc(Oc4ccc(SC)cc4)cc3[C@H]3[C@H](CCCCO)[C@@H](CCCCO)C=C(C(=NOC4CCCCO4)C[C@@H]1N(Cc1ccc4c(c1)OCO4)C(=O)CCCCCCCCCCC)[C@H]32. The van der Waals surface area contributed by atoms with Crippen LogP contribution in [-0.2, 0) is 25.7 Å². The second kappa shape index (κ2) is 27.1. The van der Waals surface area contributed by atoms with Crippen molar-refractivity contribution in [1.82, 2.24) is 4.90 Å². The fourth-order valence-electron chi connectivity index (χ4n) is 11.7. The van der Waals surface area contributed by atoms with E-state index in [1.807, 2.05) is 47.4 Å². The summed E-state index contributed by atoms with van der Waals surface area (Å²) in [5.41, 5.74) is 3.65. The minimum absolute atomic E-state index is 0.0184. The van der Waals surface area contributed by atoms with Crippen molar-refractivity contribution in [2.45, 2.75) is 171 Å². The van der Waals surface area contributed by atoms with Gasteiger partial charge in [0.05, 0.1) is 24.8 Å². The van der Waals surface area contributed by atoms with Gasteiger partial charge in [0.1, 0.15) is 23.3 Å². The molecule has 1 amide bonds. The molecule has 1 saturated carbocycles. The Morgan fingerprint density at radius 3 is 2.33 bits per heavy atom. The summed E-state index contributed by atoms with van der Waals surface area (Å²) < 4.78 is 39.3. The first-order valence-electron chi connectivity index (χ1n) is 27.2. The van der Waals surface area contributed by atoms with Crippen molar-refractivity contribution >= 4 is 23.4 Å². The first-order valence-corrected chi connectivity index (χ1v) is 28.5. The van der Waals surface area contributed by atoms with Gasteiger partial charge in [-0.2, -0.15) is 0 Å². The lowest BCUT2D eigenvalue weighted by molar-refractivity contribution is -0.258. The number of unbranched alkanes of at least 4 members (excludes halogenated alkanes) is 10. The van der Waals surface area contributed by atoms with Crippen molar-refractivity contribution in [3.8, 4) is 28.7 Å². The van der Waals surface area contributed by atoms with E-state index in [2.05, 4.69) is 44.0 Å². The van der Waals surface area contributed by atoms with Crippen LogP contribution in [0.4, 0.5) is 0 Å². The van der Waals surface area contributed by atoms with Crippen LogP contribution in [-0.4, -0.2) is 84.3 Å². The molecular formula is C59H80N2O10S. The lowest BCUT2D eigenvalue weighted by atomic mass is 9.55. The second-order valence-corrected chi connectivity index (χ2v) is 21.1. The van der Waals surface area contributed by atoms with Crippen molar-refractivity contribution < 1.29 is 48.3 Å². The Morgan fingerprint density at radius 1 is 0.861 bits per heavy atom. The van der Waals surface area contributed by atoms with Gasteiger partial charge in [0.15, 0.2) is 11.5 Å². The van der Waals surface area contributed by atoms with Gasteiger partial charge >= 0.3 is 0 Å². The third-order valence-corrected chi connectivity index (χ3v) is 16.1. The number of carbonyl (C=O) groups is 1. The summed E-state index contributed by atoms with van der Waals surface area (Å²) in [5.74, 6) is 1.56. The first kappa shape index (κ1) is 53.8. The van der Waals surface area contributed by atoms with Gasteiger partial charge in [-0.1, -0.05) is 94.5 Å². The molecule has 3 heterocycles. The van der Waals surface area contributed by atoms with Crippen molar-refractivity contribution in [2.75, 3.05) is 39.5 Å². The number of amides is 1. The number of hydrogen-bond donors (Lipinski definition) is 2. The molecule has 0 aromatic heterocycles. The Labute approximate surface area is 432 Å². The number of benzene rings is 3. The number of aliphatic hydroxyl groups is 2. The van der Waals surface area contributed by atoms with Gasteiger partial charge in [0.2, 0.25) is 24.8 Å². The number of rotatable bonds is 29. The van der Waals surface area contributed by atoms with Crippen molar-refractivity contribution in [2.24, 2.45) is 22.9 Å². The number of allylic oxidation sites excluding steroid dienone is 1. The zero-order valence-electron chi connectivity index (χ0n) is 42.9. The minimum Gasteiger partial charge on any atom is -0.459 e. The van der Waals surface area contributed by atoms with Crippen LogP contribution in [0.25, 0.3) is 0 Å². The number of oxime groups is 1. The molecule has 0 bridgehead atoms. The Balaban J connectivity index is 1.26. The monoisotopic (exact) mass is 1010 g/mol. The number of ether oxygens (including phenoxy) is 6. The quantitative estimate of drug-likeness (QED) is 0.0297.